The van der Waals surface area contributed by atoms with Crippen molar-refractivity contribution in [1.29, 1.82) is 0 Å². The van der Waals surface area contributed by atoms with E-state index in [0.29, 0.717) is 0 Å². The van der Waals surface area contributed by atoms with Crippen molar-refractivity contribution in [3.05, 3.63) is 78.2 Å². The van der Waals surface area contributed by atoms with Crippen LogP contribution in [-0.2, 0) is 0 Å². The number of imidazole rings is 1. The Balaban J connectivity index is 1.81. The van der Waals surface area contributed by atoms with Gasteiger partial charge in [0.05, 0.1) is 11.9 Å². The standard InChI is InChI=1S/C17H14N2/c1-3-7-14(8-4-1)11-12-17-18-13-16(19-17)15-9-5-2-6-10-15/h1-13H,(H,18,19). The van der Waals surface area contributed by atoms with Gasteiger partial charge in [-0.2, -0.15) is 0 Å². The van der Waals surface area contributed by atoms with E-state index < -0.39 is 0 Å². The molecule has 0 aliphatic heterocycles. The first-order valence-corrected chi connectivity index (χ1v) is 6.25. The molecule has 92 valence electrons. The SMILES string of the molecule is C(=Cc1ncc(-c2ccccc2)[nH]1)c1ccccc1. The van der Waals surface area contributed by atoms with E-state index in [9.17, 15) is 0 Å². The van der Waals surface area contributed by atoms with Crippen LogP contribution in [0.4, 0.5) is 0 Å². The highest BCUT2D eigenvalue weighted by Crippen LogP contribution is 2.16. The molecule has 3 aromatic rings. The molecule has 2 aromatic carbocycles. The van der Waals surface area contributed by atoms with Gasteiger partial charge in [-0.05, 0) is 17.2 Å². The number of aromatic amines is 1. The molecule has 2 heteroatoms. The summed E-state index contributed by atoms with van der Waals surface area (Å²) in [5.41, 5.74) is 3.35. The number of hydrogen-bond acceptors (Lipinski definition) is 1. The molecule has 1 heterocycles. The van der Waals surface area contributed by atoms with Crippen LogP contribution < -0.4 is 0 Å². The predicted molar refractivity (Wildman–Crippen MR) is 79.4 cm³/mol. The summed E-state index contributed by atoms with van der Waals surface area (Å²) in [6.45, 7) is 0. The van der Waals surface area contributed by atoms with Gasteiger partial charge in [-0.15, -0.1) is 0 Å². The molecule has 0 amide bonds. The smallest absolute Gasteiger partial charge is 0.130 e. The van der Waals surface area contributed by atoms with E-state index in [1.807, 2.05) is 54.7 Å². The van der Waals surface area contributed by atoms with Crippen molar-refractivity contribution in [3.63, 3.8) is 0 Å². The molecule has 2 nitrogen and oxygen atoms in total. The topological polar surface area (TPSA) is 28.7 Å². The highest BCUT2D eigenvalue weighted by molar-refractivity contribution is 5.68. The first kappa shape index (κ1) is 11.5. The summed E-state index contributed by atoms with van der Waals surface area (Å²) in [6.07, 6.45) is 5.90. The number of nitrogens with one attached hydrogen (secondary N) is 1. The summed E-state index contributed by atoms with van der Waals surface area (Å²) in [6, 6.07) is 20.4. The molecular formula is C17H14N2. The number of benzene rings is 2. The maximum absolute atomic E-state index is 4.37. The van der Waals surface area contributed by atoms with Crippen molar-refractivity contribution >= 4 is 12.2 Å². The average Bonchev–Trinajstić information content (AvgIpc) is 2.96. The van der Waals surface area contributed by atoms with E-state index in [-0.39, 0.29) is 0 Å². The van der Waals surface area contributed by atoms with Crippen LogP contribution in [-0.4, -0.2) is 9.97 Å². The Morgan fingerprint density at radius 2 is 1.47 bits per heavy atom. The maximum Gasteiger partial charge on any atom is 0.130 e. The third-order valence-electron chi connectivity index (χ3n) is 2.91. The summed E-state index contributed by atoms with van der Waals surface area (Å²) in [5.74, 6) is 0.864. The zero-order chi connectivity index (χ0) is 12.9. The summed E-state index contributed by atoms with van der Waals surface area (Å²) < 4.78 is 0. The lowest BCUT2D eigenvalue weighted by molar-refractivity contribution is 1.27. The molecular weight excluding hydrogens is 232 g/mol. The molecule has 0 aliphatic carbocycles. The lowest BCUT2D eigenvalue weighted by Gasteiger charge is -1.94. The van der Waals surface area contributed by atoms with Crippen molar-refractivity contribution in [3.8, 4) is 11.3 Å². The van der Waals surface area contributed by atoms with Gasteiger partial charge in [-0.3, -0.25) is 0 Å². The van der Waals surface area contributed by atoms with Crippen molar-refractivity contribution in [2.45, 2.75) is 0 Å². The lowest BCUT2D eigenvalue weighted by atomic mass is 10.2. The van der Waals surface area contributed by atoms with Crippen LogP contribution in [0.3, 0.4) is 0 Å². The number of hydrogen-bond donors (Lipinski definition) is 1. The Labute approximate surface area is 112 Å². The van der Waals surface area contributed by atoms with E-state index in [4.69, 9.17) is 0 Å². The van der Waals surface area contributed by atoms with Crippen LogP contribution in [0.1, 0.15) is 11.4 Å². The van der Waals surface area contributed by atoms with Gasteiger partial charge in [0.1, 0.15) is 5.82 Å². The van der Waals surface area contributed by atoms with Crippen molar-refractivity contribution in [2.75, 3.05) is 0 Å². The number of aromatic nitrogens is 2. The van der Waals surface area contributed by atoms with Crippen LogP contribution >= 0.6 is 0 Å². The molecule has 1 aromatic heterocycles. The van der Waals surface area contributed by atoms with Gasteiger partial charge in [-0.25, -0.2) is 4.98 Å². The predicted octanol–water partition coefficient (Wildman–Crippen LogP) is 4.25. The van der Waals surface area contributed by atoms with Crippen LogP contribution in [0, 0.1) is 0 Å². The van der Waals surface area contributed by atoms with Crippen LogP contribution in [0.25, 0.3) is 23.4 Å². The van der Waals surface area contributed by atoms with Crippen molar-refractivity contribution in [2.24, 2.45) is 0 Å². The molecule has 1 N–H and O–H groups in total. The fourth-order valence-electron chi connectivity index (χ4n) is 1.93. The third kappa shape index (κ3) is 2.80. The van der Waals surface area contributed by atoms with Crippen LogP contribution in [0.15, 0.2) is 66.9 Å². The minimum atomic E-state index is 0.864. The Morgan fingerprint density at radius 1 is 0.789 bits per heavy atom. The molecule has 19 heavy (non-hydrogen) atoms. The molecule has 0 saturated carbocycles. The molecule has 3 rings (SSSR count). The average molecular weight is 246 g/mol. The van der Waals surface area contributed by atoms with Gasteiger partial charge in [-0.1, -0.05) is 66.7 Å². The highest BCUT2D eigenvalue weighted by atomic mass is 14.9. The summed E-state index contributed by atoms with van der Waals surface area (Å²) >= 11 is 0. The van der Waals surface area contributed by atoms with Gasteiger partial charge in [0.25, 0.3) is 0 Å². The van der Waals surface area contributed by atoms with Crippen molar-refractivity contribution < 1.29 is 0 Å². The lowest BCUT2D eigenvalue weighted by Crippen LogP contribution is -1.77. The summed E-state index contributed by atoms with van der Waals surface area (Å²) in [5, 5.41) is 0. The highest BCUT2D eigenvalue weighted by Gasteiger charge is 1.99. The van der Waals surface area contributed by atoms with Crippen LogP contribution in [0.5, 0.6) is 0 Å². The van der Waals surface area contributed by atoms with Gasteiger partial charge in [0.2, 0.25) is 0 Å². The first-order valence-electron chi connectivity index (χ1n) is 6.25. The second kappa shape index (κ2) is 5.36. The summed E-state index contributed by atoms with van der Waals surface area (Å²) in [4.78, 5) is 7.67. The summed E-state index contributed by atoms with van der Waals surface area (Å²) in [7, 11) is 0. The first-order chi connectivity index (χ1) is 9.42. The largest absolute Gasteiger partial charge is 0.338 e. The molecule has 0 atom stereocenters. The van der Waals surface area contributed by atoms with Gasteiger partial charge < -0.3 is 4.98 Å². The number of H-pyrrole nitrogens is 1. The van der Waals surface area contributed by atoms with E-state index in [2.05, 4.69) is 34.2 Å². The Hall–Kier alpha value is -2.61. The number of rotatable bonds is 3. The fraction of sp³-hybridized carbons (Fsp3) is 0. The van der Waals surface area contributed by atoms with E-state index in [1.54, 1.807) is 0 Å². The minimum Gasteiger partial charge on any atom is -0.338 e. The second-order valence-corrected chi connectivity index (χ2v) is 4.29. The molecule has 0 bridgehead atoms. The fourth-order valence-corrected chi connectivity index (χ4v) is 1.93. The molecule has 0 saturated heterocycles. The van der Waals surface area contributed by atoms with Crippen molar-refractivity contribution in [1.82, 2.24) is 9.97 Å². The zero-order valence-electron chi connectivity index (χ0n) is 10.5. The Kier molecular flexibility index (Phi) is 3.24. The van der Waals surface area contributed by atoms with Gasteiger partial charge in [0, 0.05) is 0 Å². The van der Waals surface area contributed by atoms with E-state index in [1.165, 1.54) is 5.56 Å². The normalized spacial score (nSPS) is 10.9. The molecule has 0 fully saturated rings. The Morgan fingerprint density at radius 3 is 2.21 bits per heavy atom. The molecule has 0 aliphatic rings. The van der Waals surface area contributed by atoms with Gasteiger partial charge >= 0.3 is 0 Å². The van der Waals surface area contributed by atoms with E-state index >= 15 is 0 Å². The minimum absolute atomic E-state index is 0.864. The van der Waals surface area contributed by atoms with E-state index in [0.717, 1.165) is 17.1 Å². The number of nitrogens with zero attached hydrogens (tertiary/aromatic N) is 1. The molecule has 0 radical (unpaired) electrons. The van der Waals surface area contributed by atoms with Gasteiger partial charge in [0.15, 0.2) is 0 Å². The maximum atomic E-state index is 4.37. The quantitative estimate of drug-likeness (QED) is 0.735. The zero-order valence-corrected chi connectivity index (χ0v) is 10.5. The second-order valence-electron chi connectivity index (χ2n) is 4.29. The third-order valence-corrected chi connectivity index (χ3v) is 2.91. The molecule has 0 spiro atoms. The monoisotopic (exact) mass is 246 g/mol. The molecule has 0 unspecified atom stereocenters. The Bertz CT molecular complexity index is 667. The van der Waals surface area contributed by atoms with Crippen LogP contribution in [0.2, 0.25) is 0 Å².